The molecule has 1 N–H and O–H groups in total. The Morgan fingerprint density at radius 3 is 2.39 bits per heavy atom. The van der Waals surface area contributed by atoms with Crippen molar-refractivity contribution in [1.29, 1.82) is 0 Å². The number of carbonyl (C=O) groups is 2. The maximum atomic E-state index is 12.7. The largest absolute Gasteiger partial charge is 0.342 e. The van der Waals surface area contributed by atoms with Gasteiger partial charge < -0.3 is 15.1 Å². The highest BCUT2D eigenvalue weighted by molar-refractivity contribution is 5.85. The summed E-state index contributed by atoms with van der Waals surface area (Å²) in [5.41, 5.74) is 0. The van der Waals surface area contributed by atoms with Gasteiger partial charge in [-0.1, -0.05) is 6.92 Å². The van der Waals surface area contributed by atoms with Gasteiger partial charge in [0.25, 0.3) is 0 Å². The monoisotopic (exact) mass is 345 g/mol. The molecule has 2 fully saturated rings. The van der Waals surface area contributed by atoms with Crippen molar-refractivity contribution in [3.8, 4) is 0 Å². The molecule has 0 aliphatic carbocycles. The molecule has 6 heteroatoms. The van der Waals surface area contributed by atoms with Gasteiger partial charge in [-0.25, -0.2) is 0 Å². The third kappa shape index (κ3) is 5.64. The van der Waals surface area contributed by atoms with Crippen molar-refractivity contribution in [3.05, 3.63) is 0 Å². The van der Waals surface area contributed by atoms with Gasteiger partial charge in [0, 0.05) is 32.6 Å². The van der Waals surface area contributed by atoms with Crippen LogP contribution in [0.3, 0.4) is 0 Å². The number of carbonyl (C=O) groups excluding carboxylic acids is 2. The van der Waals surface area contributed by atoms with Gasteiger partial charge in [-0.2, -0.15) is 0 Å². The van der Waals surface area contributed by atoms with E-state index < -0.39 is 0 Å². The van der Waals surface area contributed by atoms with Crippen LogP contribution in [0.1, 0.15) is 45.4 Å². The van der Waals surface area contributed by atoms with Crippen molar-refractivity contribution in [2.75, 3.05) is 39.8 Å². The van der Waals surface area contributed by atoms with Crippen molar-refractivity contribution in [3.63, 3.8) is 0 Å². The van der Waals surface area contributed by atoms with Crippen LogP contribution >= 0.6 is 12.4 Å². The quantitative estimate of drug-likeness (QED) is 0.828. The Balaban J connectivity index is 0.00000264. The lowest BCUT2D eigenvalue weighted by molar-refractivity contribution is -0.141. The molecule has 0 aromatic rings. The highest BCUT2D eigenvalue weighted by Crippen LogP contribution is 2.24. The second-order valence-corrected chi connectivity index (χ2v) is 6.69. The normalized spacial score (nSPS) is 22.6. The summed E-state index contributed by atoms with van der Waals surface area (Å²) in [6.45, 7) is 6.20. The number of amides is 2. The summed E-state index contributed by atoms with van der Waals surface area (Å²) in [4.78, 5) is 28.5. The molecule has 134 valence electrons. The zero-order chi connectivity index (χ0) is 15.9. The summed E-state index contributed by atoms with van der Waals surface area (Å²) in [7, 11) is 1.99. The van der Waals surface area contributed by atoms with Crippen molar-refractivity contribution in [2.45, 2.75) is 45.4 Å². The second-order valence-electron chi connectivity index (χ2n) is 6.69. The van der Waals surface area contributed by atoms with Gasteiger partial charge >= 0.3 is 0 Å². The van der Waals surface area contributed by atoms with Crippen LogP contribution in [0, 0.1) is 11.8 Å². The molecule has 0 aromatic heterocycles. The van der Waals surface area contributed by atoms with Crippen LogP contribution in [0.15, 0.2) is 0 Å². The molecule has 0 radical (unpaired) electrons. The zero-order valence-corrected chi connectivity index (χ0v) is 15.4. The molecule has 2 rings (SSSR count). The van der Waals surface area contributed by atoms with E-state index in [0.29, 0.717) is 13.0 Å². The minimum Gasteiger partial charge on any atom is -0.342 e. The van der Waals surface area contributed by atoms with E-state index >= 15 is 0 Å². The summed E-state index contributed by atoms with van der Waals surface area (Å²) in [6, 6.07) is 0. The number of nitrogens with one attached hydrogen (secondary N) is 1. The van der Waals surface area contributed by atoms with Crippen LogP contribution in [-0.4, -0.2) is 61.4 Å². The van der Waals surface area contributed by atoms with Gasteiger partial charge in [0.1, 0.15) is 0 Å². The number of piperidine rings is 2. The molecule has 1 atom stereocenters. The predicted octanol–water partition coefficient (Wildman–Crippen LogP) is 1.90. The van der Waals surface area contributed by atoms with Crippen molar-refractivity contribution in [2.24, 2.45) is 11.8 Å². The SMILES string of the molecule is CCC(=O)N1CCCC(C(=O)N2CCC(CCNC)CC2)C1.Cl. The molecule has 23 heavy (non-hydrogen) atoms. The topological polar surface area (TPSA) is 52.7 Å². The fraction of sp³-hybridized carbons (Fsp3) is 0.882. The summed E-state index contributed by atoms with van der Waals surface area (Å²) in [5.74, 6) is 1.24. The van der Waals surface area contributed by atoms with E-state index in [0.717, 1.165) is 57.8 Å². The first kappa shape index (κ1) is 20.2. The van der Waals surface area contributed by atoms with Crippen LogP contribution in [0.5, 0.6) is 0 Å². The van der Waals surface area contributed by atoms with Crippen LogP contribution in [-0.2, 0) is 9.59 Å². The molecule has 5 nitrogen and oxygen atoms in total. The number of hydrogen-bond acceptors (Lipinski definition) is 3. The fourth-order valence-electron chi connectivity index (χ4n) is 3.68. The lowest BCUT2D eigenvalue weighted by Gasteiger charge is -2.38. The molecular formula is C17H32ClN3O2. The van der Waals surface area contributed by atoms with Crippen LogP contribution in [0.2, 0.25) is 0 Å². The Morgan fingerprint density at radius 2 is 1.78 bits per heavy atom. The maximum Gasteiger partial charge on any atom is 0.227 e. The Morgan fingerprint density at radius 1 is 1.09 bits per heavy atom. The molecule has 0 saturated carbocycles. The van der Waals surface area contributed by atoms with Crippen LogP contribution in [0.25, 0.3) is 0 Å². The van der Waals surface area contributed by atoms with E-state index in [2.05, 4.69) is 5.32 Å². The first-order valence-electron chi connectivity index (χ1n) is 8.86. The number of halogens is 1. The van der Waals surface area contributed by atoms with Gasteiger partial charge in [0.15, 0.2) is 0 Å². The lowest BCUT2D eigenvalue weighted by atomic mass is 9.91. The van der Waals surface area contributed by atoms with Crippen LogP contribution < -0.4 is 5.32 Å². The van der Waals surface area contributed by atoms with E-state index in [1.807, 2.05) is 23.8 Å². The smallest absolute Gasteiger partial charge is 0.227 e. The summed E-state index contributed by atoms with van der Waals surface area (Å²) in [5, 5.41) is 3.20. The van der Waals surface area contributed by atoms with Gasteiger partial charge in [0.05, 0.1) is 5.92 Å². The average Bonchev–Trinajstić information content (AvgIpc) is 2.59. The summed E-state index contributed by atoms with van der Waals surface area (Å²) in [6.07, 6.45) is 5.89. The number of rotatable bonds is 5. The van der Waals surface area contributed by atoms with E-state index in [4.69, 9.17) is 0 Å². The molecule has 2 heterocycles. The molecule has 0 aromatic carbocycles. The lowest BCUT2D eigenvalue weighted by Crippen LogP contribution is -2.48. The standard InChI is InChI=1S/C17H31N3O2.ClH/c1-3-16(21)20-10-4-5-15(13-20)17(22)19-11-7-14(8-12-19)6-9-18-2;/h14-15,18H,3-13H2,1-2H3;1H. The van der Waals surface area contributed by atoms with E-state index in [1.54, 1.807) is 0 Å². The first-order chi connectivity index (χ1) is 10.7. The molecule has 2 amide bonds. The number of nitrogens with zero attached hydrogens (tertiary/aromatic N) is 2. The fourth-order valence-corrected chi connectivity index (χ4v) is 3.68. The van der Waals surface area contributed by atoms with E-state index in [-0.39, 0.29) is 30.1 Å². The third-order valence-electron chi connectivity index (χ3n) is 5.15. The number of hydrogen-bond donors (Lipinski definition) is 1. The molecule has 2 saturated heterocycles. The highest BCUT2D eigenvalue weighted by atomic mass is 35.5. The van der Waals surface area contributed by atoms with E-state index in [1.165, 1.54) is 6.42 Å². The molecule has 1 unspecified atom stereocenters. The van der Waals surface area contributed by atoms with Gasteiger partial charge in [-0.05, 0) is 51.6 Å². The number of likely N-dealkylation sites (tertiary alicyclic amines) is 2. The van der Waals surface area contributed by atoms with Crippen molar-refractivity contribution >= 4 is 24.2 Å². The van der Waals surface area contributed by atoms with E-state index in [9.17, 15) is 9.59 Å². The van der Waals surface area contributed by atoms with Crippen LogP contribution in [0.4, 0.5) is 0 Å². The molecular weight excluding hydrogens is 314 g/mol. The van der Waals surface area contributed by atoms with Gasteiger partial charge in [-0.15, -0.1) is 12.4 Å². The molecule has 2 aliphatic rings. The second kappa shape index (κ2) is 10.1. The summed E-state index contributed by atoms with van der Waals surface area (Å²) < 4.78 is 0. The van der Waals surface area contributed by atoms with Gasteiger partial charge in [-0.3, -0.25) is 9.59 Å². The van der Waals surface area contributed by atoms with Gasteiger partial charge in [0.2, 0.25) is 11.8 Å². The van der Waals surface area contributed by atoms with Crippen molar-refractivity contribution in [1.82, 2.24) is 15.1 Å². The average molecular weight is 346 g/mol. The minimum absolute atomic E-state index is 0. The Kier molecular flexibility index (Phi) is 8.92. The maximum absolute atomic E-state index is 12.7. The van der Waals surface area contributed by atoms with Crippen molar-refractivity contribution < 1.29 is 9.59 Å². The Labute approximate surface area is 146 Å². The predicted molar refractivity (Wildman–Crippen MR) is 94.7 cm³/mol. The molecule has 2 aliphatic heterocycles. The highest BCUT2D eigenvalue weighted by Gasteiger charge is 2.32. The molecule has 0 bridgehead atoms. The zero-order valence-electron chi connectivity index (χ0n) is 14.6. The molecule has 0 spiro atoms. The third-order valence-corrected chi connectivity index (χ3v) is 5.15. The summed E-state index contributed by atoms with van der Waals surface area (Å²) >= 11 is 0. The Bertz CT molecular complexity index is 384. The first-order valence-corrected chi connectivity index (χ1v) is 8.86. The minimum atomic E-state index is 0. The Hall–Kier alpha value is -0.810.